The van der Waals surface area contributed by atoms with Gasteiger partial charge in [0.05, 0.1) is 5.56 Å². The number of hydrogen-bond donors (Lipinski definition) is 1. The quantitative estimate of drug-likeness (QED) is 0.736. The van der Waals surface area contributed by atoms with Crippen molar-refractivity contribution in [2.24, 2.45) is 0 Å². The summed E-state index contributed by atoms with van der Waals surface area (Å²) in [4.78, 5) is 3.88. The molecular weight excluding hydrogens is 314 g/mol. The van der Waals surface area contributed by atoms with Crippen molar-refractivity contribution < 1.29 is 22.3 Å². The van der Waals surface area contributed by atoms with Gasteiger partial charge in [-0.05, 0) is 35.4 Å². The number of nitrogens with zero attached hydrogens (tertiary/aromatic N) is 2. The summed E-state index contributed by atoms with van der Waals surface area (Å²) in [5, 5.41) is 6.22. The number of aromatic nitrogens is 3. The van der Waals surface area contributed by atoms with Crippen LogP contribution < -0.4 is 4.74 Å². The van der Waals surface area contributed by atoms with Gasteiger partial charge in [0.2, 0.25) is 0 Å². The van der Waals surface area contributed by atoms with Crippen molar-refractivity contribution in [1.82, 2.24) is 15.2 Å². The van der Waals surface area contributed by atoms with Gasteiger partial charge in [0.1, 0.15) is 17.9 Å². The van der Waals surface area contributed by atoms with Crippen LogP contribution in [0.15, 0.2) is 48.8 Å². The maximum Gasteiger partial charge on any atom is 0.573 e. The summed E-state index contributed by atoms with van der Waals surface area (Å²) in [7, 11) is 0. The van der Waals surface area contributed by atoms with Crippen LogP contribution in [0.3, 0.4) is 0 Å². The molecule has 0 fully saturated rings. The molecule has 3 rings (SSSR count). The molecule has 1 heterocycles. The van der Waals surface area contributed by atoms with Crippen molar-refractivity contribution >= 4 is 0 Å². The average Bonchev–Trinajstić information content (AvgIpc) is 3.01. The Labute approximate surface area is 127 Å². The molecular formula is C15H9F4N3O. The van der Waals surface area contributed by atoms with Crippen molar-refractivity contribution in [2.45, 2.75) is 6.36 Å². The third kappa shape index (κ3) is 3.47. The van der Waals surface area contributed by atoms with Gasteiger partial charge in [0, 0.05) is 0 Å². The Kier molecular flexibility index (Phi) is 3.73. The summed E-state index contributed by atoms with van der Waals surface area (Å²) < 4.78 is 54.1. The van der Waals surface area contributed by atoms with Gasteiger partial charge < -0.3 is 4.74 Å². The van der Waals surface area contributed by atoms with E-state index in [2.05, 4.69) is 19.9 Å². The standard InChI is InChI=1S/C15H9F4N3O/c16-13-6-3-10(7-12(13)14-20-8-21-22-14)9-1-4-11(5-2-9)23-15(17,18)19/h1-8H,(H,20,21,22). The van der Waals surface area contributed by atoms with Crippen molar-refractivity contribution in [3.05, 3.63) is 54.6 Å². The first-order chi connectivity index (χ1) is 10.9. The molecule has 0 aliphatic carbocycles. The van der Waals surface area contributed by atoms with Crippen LogP contribution in [0.25, 0.3) is 22.5 Å². The molecule has 8 heteroatoms. The number of halogens is 4. The molecule has 23 heavy (non-hydrogen) atoms. The highest BCUT2D eigenvalue weighted by molar-refractivity contribution is 5.70. The largest absolute Gasteiger partial charge is 0.573 e. The predicted molar refractivity (Wildman–Crippen MR) is 73.9 cm³/mol. The number of H-pyrrole nitrogens is 1. The zero-order valence-electron chi connectivity index (χ0n) is 11.4. The monoisotopic (exact) mass is 323 g/mol. The van der Waals surface area contributed by atoms with E-state index in [0.717, 1.165) is 0 Å². The zero-order chi connectivity index (χ0) is 16.4. The lowest BCUT2D eigenvalue weighted by atomic mass is 10.0. The molecule has 0 amide bonds. The van der Waals surface area contributed by atoms with Crippen LogP contribution in [-0.2, 0) is 0 Å². The molecule has 118 valence electrons. The summed E-state index contributed by atoms with van der Waals surface area (Å²) in [5.74, 6) is -0.539. The van der Waals surface area contributed by atoms with Gasteiger partial charge in [-0.3, -0.25) is 5.10 Å². The second-order valence-corrected chi connectivity index (χ2v) is 4.60. The maximum atomic E-state index is 13.9. The average molecular weight is 323 g/mol. The molecule has 1 aromatic heterocycles. The fraction of sp³-hybridized carbons (Fsp3) is 0.0667. The fourth-order valence-corrected chi connectivity index (χ4v) is 2.07. The van der Waals surface area contributed by atoms with E-state index in [1.807, 2.05) is 0 Å². The predicted octanol–water partition coefficient (Wildman–Crippen LogP) is 4.18. The highest BCUT2D eigenvalue weighted by Crippen LogP contribution is 2.29. The van der Waals surface area contributed by atoms with Crippen LogP contribution in [0.1, 0.15) is 0 Å². The van der Waals surface area contributed by atoms with Gasteiger partial charge in [-0.1, -0.05) is 18.2 Å². The molecule has 2 aromatic carbocycles. The molecule has 0 saturated carbocycles. The summed E-state index contributed by atoms with van der Waals surface area (Å²) in [5.41, 5.74) is 1.45. The van der Waals surface area contributed by atoms with Crippen molar-refractivity contribution in [1.29, 1.82) is 0 Å². The molecule has 0 radical (unpaired) electrons. The number of benzene rings is 2. The Morgan fingerprint density at radius 1 is 0.957 bits per heavy atom. The fourth-order valence-electron chi connectivity index (χ4n) is 2.07. The molecule has 0 aliphatic heterocycles. The van der Waals surface area contributed by atoms with Crippen LogP contribution in [0.4, 0.5) is 17.6 Å². The van der Waals surface area contributed by atoms with Crippen LogP contribution in [0.5, 0.6) is 5.75 Å². The number of hydrogen-bond acceptors (Lipinski definition) is 3. The first-order valence-corrected chi connectivity index (χ1v) is 6.44. The van der Waals surface area contributed by atoms with Crippen LogP contribution in [0.2, 0.25) is 0 Å². The lowest BCUT2D eigenvalue weighted by Gasteiger charge is -2.10. The minimum atomic E-state index is -4.74. The van der Waals surface area contributed by atoms with Crippen LogP contribution in [-0.4, -0.2) is 21.5 Å². The van der Waals surface area contributed by atoms with Gasteiger partial charge in [0.15, 0.2) is 5.82 Å². The molecule has 1 N–H and O–H groups in total. The number of rotatable bonds is 3. The molecule has 0 saturated heterocycles. The molecule has 0 bridgehead atoms. The first kappa shape index (κ1) is 15.0. The van der Waals surface area contributed by atoms with Crippen molar-refractivity contribution in [3.8, 4) is 28.3 Å². The Bertz CT molecular complexity index is 799. The van der Waals surface area contributed by atoms with Crippen molar-refractivity contribution in [3.63, 3.8) is 0 Å². The lowest BCUT2D eigenvalue weighted by molar-refractivity contribution is -0.274. The van der Waals surface area contributed by atoms with Gasteiger partial charge in [-0.15, -0.1) is 13.2 Å². The van der Waals surface area contributed by atoms with E-state index in [1.54, 1.807) is 0 Å². The number of ether oxygens (including phenoxy) is 1. The minimum Gasteiger partial charge on any atom is -0.406 e. The number of alkyl halides is 3. The molecule has 0 atom stereocenters. The third-order valence-corrected chi connectivity index (χ3v) is 3.06. The molecule has 0 spiro atoms. The van der Waals surface area contributed by atoms with E-state index in [4.69, 9.17) is 0 Å². The lowest BCUT2D eigenvalue weighted by Crippen LogP contribution is -2.16. The Hall–Kier alpha value is -2.90. The van der Waals surface area contributed by atoms with E-state index in [0.29, 0.717) is 11.1 Å². The zero-order valence-corrected chi connectivity index (χ0v) is 11.4. The summed E-state index contributed by atoms with van der Waals surface area (Å²) in [6.07, 6.45) is -3.48. The number of aromatic amines is 1. The SMILES string of the molecule is Fc1ccc(-c2ccc(OC(F)(F)F)cc2)cc1-c1ncn[nH]1. The second kappa shape index (κ2) is 5.71. The number of nitrogens with one attached hydrogen (secondary N) is 1. The Balaban J connectivity index is 1.92. The first-order valence-electron chi connectivity index (χ1n) is 6.44. The van der Waals surface area contributed by atoms with E-state index >= 15 is 0 Å². The second-order valence-electron chi connectivity index (χ2n) is 4.60. The topological polar surface area (TPSA) is 50.8 Å². The molecule has 0 unspecified atom stereocenters. The van der Waals surface area contributed by atoms with E-state index in [1.165, 1.54) is 48.8 Å². The van der Waals surface area contributed by atoms with Crippen LogP contribution in [0, 0.1) is 5.82 Å². The highest BCUT2D eigenvalue weighted by atomic mass is 19.4. The van der Waals surface area contributed by atoms with Crippen LogP contribution >= 0.6 is 0 Å². The molecule has 4 nitrogen and oxygen atoms in total. The van der Waals surface area contributed by atoms with Gasteiger partial charge in [-0.2, -0.15) is 5.10 Å². The molecule has 3 aromatic rings. The summed E-state index contributed by atoms with van der Waals surface area (Å²) in [6, 6.07) is 9.62. The third-order valence-electron chi connectivity index (χ3n) is 3.06. The van der Waals surface area contributed by atoms with E-state index in [9.17, 15) is 17.6 Å². The maximum absolute atomic E-state index is 13.9. The minimum absolute atomic E-state index is 0.218. The van der Waals surface area contributed by atoms with Gasteiger partial charge >= 0.3 is 6.36 Å². The van der Waals surface area contributed by atoms with Gasteiger partial charge in [0.25, 0.3) is 0 Å². The van der Waals surface area contributed by atoms with Gasteiger partial charge in [-0.25, -0.2) is 9.37 Å². The Morgan fingerprint density at radius 3 is 2.26 bits per heavy atom. The summed E-state index contributed by atoms with van der Waals surface area (Å²) >= 11 is 0. The normalized spacial score (nSPS) is 11.5. The van der Waals surface area contributed by atoms with Crippen molar-refractivity contribution in [2.75, 3.05) is 0 Å². The smallest absolute Gasteiger partial charge is 0.406 e. The highest BCUT2D eigenvalue weighted by Gasteiger charge is 2.30. The van der Waals surface area contributed by atoms with E-state index in [-0.39, 0.29) is 17.1 Å². The van der Waals surface area contributed by atoms with E-state index < -0.39 is 12.2 Å². The molecule has 0 aliphatic rings. The Morgan fingerprint density at radius 2 is 1.65 bits per heavy atom. The summed E-state index contributed by atoms with van der Waals surface area (Å²) in [6.45, 7) is 0.